The van der Waals surface area contributed by atoms with Gasteiger partial charge in [-0.3, -0.25) is 9.59 Å². The van der Waals surface area contributed by atoms with Crippen molar-refractivity contribution in [2.45, 2.75) is 32.6 Å². The number of hydrogen-bond acceptors (Lipinski definition) is 5. The third-order valence-corrected chi connectivity index (χ3v) is 4.85. The maximum atomic E-state index is 11.9. The van der Waals surface area contributed by atoms with Crippen LogP contribution < -0.4 is 10.6 Å². The summed E-state index contributed by atoms with van der Waals surface area (Å²) in [6.45, 7) is 2.37. The Labute approximate surface area is 133 Å². The van der Waals surface area contributed by atoms with Crippen molar-refractivity contribution in [3.8, 4) is 6.07 Å². The normalized spacial score (nSPS) is 16.5. The van der Waals surface area contributed by atoms with Crippen molar-refractivity contribution >= 4 is 28.2 Å². The quantitative estimate of drug-likeness (QED) is 0.572. The highest BCUT2D eigenvalue weighted by Gasteiger charge is 2.25. The second-order valence-electron chi connectivity index (χ2n) is 5.45. The Bertz CT molecular complexity index is 618. The van der Waals surface area contributed by atoms with Crippen LogP contribution in [0, 0.1) is 17.2 Å². The molecule has 0 spiro atoms. The fourth-order valence-corrected chi connectivity index (χ4v) is 3.83. The molecular weight excluding hydrogens is 302 g/mol. The van der Waals surface area contributed by atoms with Gasteiger partial charge in [-0.1, -0.05) is 6.92 Å². The van der Waals surface area contributed by atoms with E-state index in [1.165, 1.54) is 11.3 Å². The lowest BCUT2D eigenvalue weighted by Crippen LogP contribution is -2.36. The molecule has 1 aromatic rings. The molecule has 7 heteroatoms. The van der Waals surface area contributed by atoms with Gasteiger partial charge in [0.25, 0.3) is 0 Å². The molecule has 1 aliphatic rings. The number of thiophene rings is 1. The summed E-state index contributed by atoms with van der Waals surface area (Å²) in [5, 5.41) is 23.4. The molecular formula is C15H19N3O3S. The van der Waals surface area contributed by atoms with Crippen LogP contribution in [0.5, 0.6) is 0 Å². The average Bonchev–Trinajstić information content (AvgIpc) is 2.83. The van der Waals surface area contributed by atoms with E-state index < -0.39 is 11.8 Å². The van der Waals surface area contributed by atoms with Gasteiger partial charge < -0.3 is 15.7 Å². The Balaban J connectivity index is 2.08. The highest BCUT2D eigenvalue weighted by molar-refractivity contribution is 7.16. The lowest BCUT2D eigenvalue weighted by Gasteiger charge is -2.17. The van der Waals surface area contributed by atoms with Gasteiger partial charge in [0.2, 0.25) is 0 Å². The summed E-state index contributed by atoms with van der Waals surface area (Å²) >= 11 is 1.39. The smallest absolute Gasteiger partial charge is 0.314 e. The number of nitriles is 1. The Hall–Kier alpha value is -1.91. The minimum atomic E-state index is -0.777. The van der Waals surface area contributed by atoms with E-state index in [0.29, 0.717) is 22.9 Å². The number of carbonyl (C=O) groups is 2. The Kier molecular flexibility index (Phi) is 5.52. The number of aliphatic hydroxyl groups is 1. The fraction of sp³-hybridized carbons (Fsp3) is 0.533. The Morgan fingerprint density at radius 1 is 1.45 bits per heavy atom. The summed E-state index contributed by atoms with van der Waals surface area (Å²) in [7, 11) is 0. The number of amides is 2. The Morgan fingerprint density at radius 2 is 2.23 bits per heavy atom. The number of aliphatic hydroxyl groups excluding tert-OH is 1. The van der Waals surface area contributed by atoms with E-state index in [-0.39, 0.29) is 13.2 Å². The third-order valence-electron chi connectivity index (χ3n) is 3.68. The zero-order valence-corrected chi connectivity index (χ0v) is 13.3. The van der Waals surface area contributed by atoms with Crippen LogP contribution in [0.15, 0.2) is 0 Å². The van der Waals surface area contributed by atoms with E-state index in [1.807, 2.05) is 0 Å². The van der Waals surface area contributed by atoms with Gasteiger partial charge in [-0.05, 0) is 37.2 Å². The Morgan fingerprint density at radius 3 is 2.91 bits per heavy atom. The molecule has 1 unspecified atom stereocenters. The molecule has 2 amide bonds. The van der Waals surface area contributed by atoms with Crippen LogP contribution in [0.3, 0.4) is 0 Å². The molecule has 1 aromatic heterocycles. The molecule has 22 heavy (non-hydrogen) atoms. The molecule has 1 aliphatic carbocycles. The van der Waals surface area contributed by atoms with Gasteiger partial charge in [-0.15, -0.1) is 11.3 Å². The minimum Gasteiger partial charge on any atom is -0.396 e. The zero-order valence-electron chi connectivity index (χ0n) is 12.4. The standard InChI is InChI=1S/C15H19N3O3S/c1-9-3-4-10-11(8-16)15(22-12(10)7-9)18-14(21)13(20)17-5-2-6-19/h9,19H,2-7H2,1H3,(H,17,20)(H,18,21). The molecule has 0 aliphatic heterocycles. The number of carbonyl (C=O) groups excluding carboxylic acids is 2. The first kappa shape index (κ1) is 16.5. The lowest BCUT2D eigenvalue weighted by molar-refractivity contribution is -0.136. The topological polar surface area (TPSA) is 102 Å². The van der Waals surface area contributed by atoms with E-state index in [0.717, 1.165) is 29.7 Å². The lowest BCUT2D eigenvalue weighted by atomic mass is 9.89. The summed E-state index contributed by atoms with van der Waals surface area (Å²) in [6.07, 6.45) is 3.18. The van der Waals surface area contributed by atoms with Gasteiger partial charge in [0, 0.05) is 18.0 Å². The van der Waals surface area contributed by atoms with Crippen molar-refractivity contribution in [1.29, 1.82) is 5.26 Å². The highest BCUT2D eigenvalue weighted by Crippen LogP contribution is 2.39. The van der Waals surface area contributed by atoms with E-state index >= 15 is 0 Å². The van der Waals surface area contributed by atoms with Gasteiger partial charge in [0.1, 0.15) is 11.1 Å². The van der Waals surface area contributed by atoms with E-state index in [4.69, 9.17) is 5.11 Å². The largest absolute Gasteiger partial charge is 0.396 e. The number of rotatable bonds is 4. The summed E-state index contributed by atoms with van der Waals surface area (Å²) in [4.78, 5) is 24.6. The SMILES string of the molecule is CC1CCc2c(sc(NC(=O)C(=O)NCCCO)c2C#N)C1. The zero-order chi connectivity index (χ0) is 16.1. The fourth-order valence-electron chi connectivity index (χ4n) is 2.48. The average molecular weight is 321 g/mol. The van der Waals surface area contributed by atoms with Crippen molar-refractivity contribution in [3.63, 3.8) is 0 Å². The van der Waals surface area contributed by atoms with Gasteiger partial charge in [-0.2, -0.15) is 5.26 Å². The molecule has 0 aromatic carbocycles. The number of nitrogens with one attached hydrogen (secondary N) is 2. The number of anilines is 1. The van der Waals surface area contributed by atoms with Crippen molar-refractivity contribution in [1.82, 2.24) is 5.32 Å². The summed E-state index contributed by atoms with van der Waals surface area (Å²) in [5.41, 5.74) is 1.50. The van der Waals surface area contributed by atoms with Crippen LogP contribution in [0.1, 0.15) is 35.8 Å². The van der Waals surface area contributed by atoms with Crippen molar-refractivity contribution in [3.05, 3.63) is 16.0 Å². The number of hydrogen-bond donors (Lipinski definition) is 3. The first-order valence-corrected chi connectivity index (χ1v) is 8.13. The van der Waals surface area contributed by atoms with Gasteiger partial charge in [-0.25, -0.2) is 0 Å². The minimum absolute atomic E-state index is 0.0453. The molecule has 3 N–H and O–H groups in total. The highest BCUT2D eigenvalue weighted by atomic mass is 32.1. The summed E-state index contributed by atoms with van der Waals surface area (Å²) in [6, 6.07) is 2.15. The first-order chi connectivity index (χ1) is 10.6. The summed E-state index contributed by atoms with van der Waals surface area (Å²) in [5.74, 6) is -0.957. The first-order valence-electron chi connectivity index (χ1n) is 7.31. The molecule has 0 radical (unpaired) electrons. The second-order valence-corrected chi connectivity index (χ2v) is 6.56. The van der Waals surface area contributed by atoms with Crippen LogP contribution in [-0.4, -0.2) is 30.1 Å². The molecule has 0 bridgehead atoms. The van der Waals surface area contributed by atoms with E-state index in [1.54, 1.807) is 0 Å². The van der Waals surface area contributed by atoms with Crippen LogP contribution in [0.25, 0.3) is 0 Å². The van der Waals surface area contributed by atoms with Gasteiger partial charge in [0.15, 0.2) is 0 Å². The van der Waals surface area contributed by atoms with Crippen LogP contribution >= 0.6 is 11.3 Å². The second kappa shape index (κ2) is 7.38. The van der Waals surface area contributed by atoms with Gasteiger partial charge >= 0.3 is 11.8 Å². The van der Waals surface area contributed by atoms with Crippen molar-refractivity contribution in [2.75, 3.05) is 18.5 Å². The maximum Gasteiger partial charge on any atom is 0.314 e. The molecule has 6 nitrogen and oxygen atoms in total. The molecule has 2 rings (SSSR count). The van der Waals surface area contributed by atoms with Crippen LogP contribution in [0.4, 0.5) is 5.00 Å². The summed E-state index contributed by atoms with van der Waals surface area (Å²) < 4.78 is 0. The predicted molar refractivity (Wildman–Crippen MR) is 83.6 cm³/mol. The molecule has 118 valence electrons. The van der Waals surface area contributed by atoms with Crippen molar-refractivity contribution in [2.24, 2.45) is 5.92 Å². The van der Waals surface area contributed by atoms with Crippen molar-refractivity contribution < 1.29 is 14.7 Å². The monoisotopic (exact) mass is 321 g/mol. The molecule has 0 fully saturated rings. The molecule has 1 atom stereocenters. The van der Waals surface area contributed by atoms with E-state index in [2.05, 4.69) is 23.6 Å². The van der Waals surface area contributed by atoms with Crippen LogP contribution in [0.2, 0.25) is 0 Å². The van der Waals surface area contributed by atoms with Crippen LogP contribution in [-0.2, 0) is 22.4 Å². The molecule has 0 saturated heterocycles. The number of fused-ring (bicyclic) bond motifs is 1. The van der Waals surface area contributed by atoms with E-state index in [9.17, 15) is 14.9 Å². The third kappa shape index (κ3) is 3.64. The molecule has 1 heterocycles. The number of nitrogens with zero attached hydrogens (tertiary/aromatic N) is 1. The van der Waals surface area contributed by atoms with Gasteiger partial charge in [0.05, 0.1) is 5.56 Å². The molecule has 0 saturated carbocycles. The predicted octanol–water partition coefficient (Wildman–Crippen LogP) is 1.18. The maximum absolute atomic E-state index is 11.9.